The summed E-state index contributed by atoms with van der Waals surface area (Å²) >= 11 is 0. The third-order valence-corrected chi connectivity index (χ3v) is 19.0. The second-order valence-corrected chi connectivity index (χ2v) is 23.1. The number of fused-ring (bicyclic) bond motifs is 6. The summed E-state index contributed by atoms with van der Waals surface area (Å²) in [7, 11) is 0. The fraction of sp³-hybridized carbons (Fsp3) is 0.917. The van der Waals surface area contributed by atoms with Gasteiger partial charge >= 0.3 is 0 Å². The summed E-state index contributed by atoms with van der Waals surface area (Å²) in [5.41, 5.74) is -0.328. The van der Waals surface area contributed by atoms with Gasteiger partial charge in [0.2, 0.25) is 0 Å². The molecule has 0 aromatic heterocycles. The Morgan fingerprint density at radius 3 is 1.82 bits per heavy atom. The summed E-state index contributed by atoms with van der Waals surface area (Å²) in [5, 5.41) is 141. The van der Waals surface area contributed by atoms with E-state index < -0.39 is 140 Å². The smallest absolute Gasteiger partial charge is 0.187 e. The minimum Gasteiger partial charge on any atom is -0.396 e. The van der Waals surface area contributed by atoms with E-state index in [0.29, 0.717) is 25.7 Å². The van der Waals surface area contributed by atoms with Gasteiger partial charge in [-0.3, -0.25) is 0 Å². The van der Waals surface area contributed by atoms with Crippen molar-refractivity contribution in [3.8, 4) is 0 Å². The van der Waals surface area contributed by atoms with Crippen molar-refractivity contribution in [1.29, 1.82) is 0 Å². The molecule has 8 rings (SSSR count). The first kappa shape index (κ1) is 52.1. The van der Waals surface area contributed by atoms with Crippen LogP contribution >= 0.6 is 0 Å². The van der Waals surface area contributed by atoms with Gasteiger partial charge < -0.3 is 94.8 Å². The van der Waals surface area contributed by atoms with Gasteiger partial charge in [0.1, 0.15) is 73.2 Å². The standard InChI is InChI=1S/C48H78O19/c1-43(2)13-14-48(21-52)23(15-43)22-7-8-28-44(3)11-10-30(45(4,20-51)27(44)9-12-46(28,5)47(22,6)16-29(48)53)66-42-39(67-41-38(61)35(58)32(55)25(18-50)64-41)36(59)33(56)26(65-42)19-62-40-37(60)34(57)31(54)24(17-49)63-40/h7-8,24-42,49-61H,9-21H2,1-6H3/t24-,25-,26-,27+,28+,29-,30-,31-,32-,33-,34+,35+,36+,37-,38-,39-,40-,41+,42+,44+,45-,46+,47+,48-/m0/s1. The first-order chi connectivity index (χ1) is 31.4. The highest BCUT2D eigenvalue weighted by atomic mass is 16.8. The zero-order valence-electron chi connectivity index (χ0n) is 39.6. The molecule has 384 valence electrons. The van der Waals surface area contributed by atoms with E-state index >= 15 is 0 Å². The lowest BCUT2D eigenvalue weighted by atomic mass is 9.35. The van der Waals surface area contributed by atoms with Crippen molar-refractivity contribution < 1.29 is 94.8 Å². The van der Waals surface area contributed by atoms with Crippen LogP contribution in [-0.2, 0) is 28.4 Å². The van der Waals surface area contributed by atoms with Crippen LogP contribution in [0.2, 0.25) is 0 Å². The summed E-state index contributed by atoms with van der Waals surface area (Å²) in [5.74, 6) is -0.128. The average Bonchev–Trinajstić information content (AvgIpc) is 3.29. The lowest BCUT2D eigenvalue weighted by Gasteiger charge is -2.70. The Bertz CT molecular complexity index is 1830. The number of rotatable bonds is 11. The van der Waals surface area contributed by atoms with Crippen molar-refractivity contribution in [3.63, 3.8) is 0 Å². The van der Waals surface area contributed by atoms with Crippen molar-refractivity contribution in [2.45, 2.75) is 197 Å². The van der Waals surface area contributed by atoms with Crippen LogP contribution < -0.4 is 0 Å². The van der Waals surface area contributed by atoms with Crippen LogP contribution in [0.5, 0.6) is 0 Å². The highest BCUT2D eigenvalue weighted by Crippen LogP contribution is 2.74. The molecule has 19 nitrogen and oxygen atoms in total. The number of hydrogen-bond acceptors (Lipinski definition) is 19. The molecule has 3 saturated carbocycles. The van der Waals surface area contributed by atoms with Gasteiger partial charge in [-0.1, -0.05) is 59.3 Å². The van der Waals surface area contributed by atoms with E-state index in [2.05, 4.69) is 46.8 Å². The highest BCUT2D eigenvalue weighted by Gasteiger charge is 2.69. The Hall–Kier alpha value is -1.28. The molecule has 67 heavy (non-hydrogen) atoms. The molecule has 0 aromatic rings. The highest BCUT2D eigenvalue weighted by molar-refractivity contribution is 5.47. The van der Waals surface area contributed by atoms with Crippen LogP contribution in [0.1, 0.15) is 92.9 Å². The third kappa shape index (κ3) is 8.15. The maximum absolute atomic E-state index is 12.1. The average molecular weight is 959 g/mol. The Kier molecular flexibility index (Phi) is 14.5. The molecule has 8 aliphatic rings. The molecule has 5 aliphatic carbocycles. The minimum atomic E-state index is -1.89. The molecule has 0 spiro atoms. The van der Waals surface area contributed by atoms with E-state index in [9.17, 15) is 66.4 Å². The summed E-state index contributed by atoms with van der Waals surface area (Å²) < 4.78 is 36.1. The number of hydrogen-bond donors (Lipinski definition) is 13. The summed E-state index contributed by atoms with van der Waals surface area (Å²) in [4.78, 5) is 0. The number of aliphatic hydroxyl groups is 13. The van der Waals surface area contributed by atoms with Crippen molar-refractivity contribution in [1.82, 2.24) is 0 Å². The quantitative estimate of drug-likeness (QED) is 0.105. The molecule has 3 aliphatic heterocycles. The molecule has 0 amide bonds. The normalized spacial score (nSPS) is 54.2. The molecule has 3 saturated heterocycles. The molecule has 19 heteroatoms. The monoisotopic (exact) mass is 959 g/mol. The maximum Gasteiger partial charge on any atom is 0.187 e. The lowest BCUT2D eigenvalue weighted by Crippen LogP contribution is -2.67. The van der Waals surface area contributed by atoms with Crippen molar-refractivity contribution >= 4 is 0 Å². The fourth-order valence-electron chi connectivity index (χ4n) is 14.5. The van der Waals surface area contributed by atoms with Crippen molar-refractivity contribution in [2.75, 3.05) is 33.0 Å². The number of allylic oxidation sites excluding steroid dienone is 3. The van der Waals surface area contributed by atoms with Crippen LogP contribution in [0.25, 0.3) is 0 Å². The molecule has 0 unspecified atom stereocenters. The van der Waals surface area contributed by atoms with E-state index in [-0.39, 0.29) is 41.3 Å². The molecule has 24 atom stereocenters. The Morgan fingerprint density at radius 1 is 0.612 bits per heavy atom. The van der Waals surface area contributed by atoms with Gasteiger partial charge in [-0.2, -0.15) is 0 Å². The third-order valence-electron chi connectivity index (χ3n) is 19.0. The Labute approximate surface area is 391 Å². The molecule has 3 heterocycles. The molecule has 0 bridgehead atoms. The van der Waals surface area contributed by atoms with Gasteiger partial charge in [0, 0.05) is 16.2 Å². The van der Waals surface area contributed by atoms with Gasteiger partial charge in [0.05, 0.1) is 45.2 Å². The summed E-state index contributed by atoms with van der Waals surface area (Å²) in [6, 6.07) is 0. The van der Waals surface area contributed by atoms with E-state index in [1.165, 1.54) is 11.1 Å². The van der Waals surface area contributed by atoms with Crippen LogP contribution in [0, 0.1) is 44.3 Å². The van der Waals surface area contributed by atoms with Crippen LogP contribution in [0.4, 0.5) is 0 Å². The van der Waals surface area contributed by atoms with Crippen LogP contribution in [-0.4, -0.2) is 204 Å². The predicted octanol–water partition coefficient (Wildman–Crippen LogP) is -1.52. The SMILES string of the molecule is CC1(C)CC[C@]2(CO)C(=C3C=C[C@@H]4[C@]5(C)CC[C@H](O[C@H]6O[C@@H](CO[C@H]7O[C@@H](CO)[C@H](O)[C@@H](O)[C@@H]7O)[C@H](O)[C@@H](O)[C@@H]6O[C@H]6O[C@@H](CO)[C@H](O)[C@@H](O)[C@@H]6O)[C@@](C)(CO)[C@@H]5CC[C@@]4(C)[C@]3(C)C[C@@H]2O)C1. The Balaban J connectivity index is 1.09. The zero-order valence-corrected chi connectivity index (χ0v) is 39.6. The number of aliphatic hydroxyl groups excluding tert-OH is 13. The molecule has 0 aromatic carbocycles. The fourth-order valence-corrected chi connectivity index (χ4v) is 14.5. The molecular formula is C48H78O19. The largest absolute Gasteiger partial charge is 0.396 e. The van der Waals surface area contributed by atoms with Gasteiger partial charge in [0.15, 0.2) is 18.9 Å². The second-order valence-electron chi connectivity index (χ2n) is 23.1. The molecule has 13 N–H and O–H groups in total. The molecular weight excluding hydrogens is 881 g/mol. The number of ether oxygens (including phenoxy) is 6. The lowest BCUT2D eigenvalue weighted by molar-refractivity contribution is -0.383. The molecule has 6 fully saturated rings. The van der Waals surface area contributed by atoms with Gasteiger partial charge in [-0.15, -0.1) is 0 Å². The maximum atomic E-state index is 12.1. The predicted molar refractivity (Wildman–Crippen MR) is 233 cm³/mol. The van der Waals surface area contributed by atoms with Crippen molar-refractivity contribution in [2.24, 2.45) is 44.3 Å². The van der Waals surface area contributed by atoms with E-state index in [0.717, 1.165) is 25.7 Å². The topological polar surface area (TPSA) is 318 Å². The van der Waals surface area contributed by atoms with Crippen LogP contribution in [0.3, 0.4) is 0 Å². The summed E-state index contributed by atoms with van der Waals surface area (Å²) in [6.07, 6.45) is -16.5. The molecule has 0 radical (unpaired) electrons. The Morgan fingerprint density at radius 2 is 1.21 bits per heavy atom. The van der Waals surface area contributed by atoms with Gasteiger partial charge in [-0.05, 0) is 85.0 Å². The van der Waals surface area contributed by atoms with Crippen LogP contribution in [0.15, 0.2) is 23.3 Å². The van der Waals surface area contributed by atoms with E-state index in [1.807, 2.05) is 6.92 Å². The first-order valence-corrected chi connectivity index (χ1v) is 24.3. The second kappa shape index (κ2) is 18.6. The van der Waals surface area contributed by atoms with Gasteiger partial charge in [-0.25, -0.2) is 0 Å². The first-order valence-electron chi connectivity index (χ1n) is 24.3. The van der Waals surface area contributed by atoms with E-state index in [1.54, 1.807) is 0 Å². The zero-order chi connectivity index (χ0) is 49.0. The van der Waals surface area contributed by atoms with Crippen molar-refractivity contribution in [3.05, 3.63) is 23.3 Å². The minimum absolute atomic E-state index is 0.0134. The van der Waals surface area contributed by atoms with Gasteiger partial charge in [0.25, 0.3) is 0 Å². The summed E-state index contributed by atoms with van der Waals surface area (Å²) in [6.45, 7) is 10.9. The van der Waals surface area contributed by atoms with E-state index in [4.69, 9.17) is 28.4 Å².